The van der Waals surface area contributed by atoms with E-state index in [-0.39, 0.29) is 17.5 Å². The van der Waals surface area contributed by atoms with Crippen LogP contribution in [-0.2, 0) is 4.79 Å². The number of aryl methyl sites for hydroxylation is 1. The standard InChI is InChI=1S/C18H17NO3/c1-12-4-6-14(7-5-12)19-11-15-16(20)9-13(10-17(15)21)18-3-2-8-22-18/h2-8,11,13,20H,9-10H2,1H3/t13-/m0/s1. The van der Waals surface area contributed by atoms with Crippen molar-refractivity contribution in [3.05, 3.63) is 65.3 Å². The van der Waals surface area contributed by atoms with Crippen molar-refractivity contribution in [3.8, 4) is 0 Å². The molecule has 1 heterocycles. The van der Waals surface area contributed by atoms with Crippen LogP contribution in [0, 0.1) is 6.92 Å². The Bertz CT molecular complexity index is 724. The van der Waals surface area contributed by atoms with Crippen LogP contribution in [0.25, 0.3) is 0 Å². The second-order valence-corrected chi connectivity index (χ2v) is 5.50. The number of ketones is 1. The Hall–Kier alpha value is -2.62. The number of benzene rings is 1. The van der Waals surface area contributed by atoms with Gasteiger partial charge in [-0.25, -0.2) is 0 Å². The summed E-state index contributed by atoms with van der Waals surface area (Å²) in [4.78, 5) is 16.5. The number of aliphatic hydroxyl groups is 1. The maximum atomic E-state index is 12.2. The molecule has 1 aliphatic carbocycles. The maximum absolute atomic E-state index is 12.2. The fourth-order valence-electron chi connectivity index (χ4n) is 2.55. The Morgan fingerprint density at radius 1 is 1.23 bits per heavy atom. The highest BCUT2D eigenvalue weighted by molar-refractivity contribution is 6.14. The molecule has 3 rings (SSSR count). The fourth-order valence-corrected chi connectivity index (χ4v) is 2.55. The zero-order valence-electron chi connectivity index (χ0n) is 12.3. The van der Waals surface area contributed by atoms with Gasteiger partial charge >= 0.3 is 0 Å². The summed E-state index contributed by atoms with van der Waals surface area (Å²) in [6.07, 6.45) is 3.76. The Morgan fingerprint density at radius 3 is 2.64 bits per heavy atom. The number of allylic oxidation sites excluding steroid dienone is 2. The Balaban J connectivity index is 1.80. The first-order chi connectivity index (χ1) is 10.6. The van der Waals surface area contributed by atoms with E-state index in [0.29, 0.717) is 18.4 Å². The van der Waals surface area contributed by atoms with Crippen LogP contribution in [-0.4, -0.2) is 17.1 Å². The molecule has 0 bridgehead atoms. The third kappa shape index (κ3) is 3.01. The lowest BCUT2D eigenvalue weighted by Gasteiger charge is -2.20. The molecule has 22 heavy (non-hydrogen) atoms. The number of carbonyl (C=O) groups is 1. The van der Waals surface area contributed by atoms with Gasteiger partial charge in [-0.2, -0.15) is 0 Å². The Morgan fingerprint density at radius 2 is 2.00 bits per heavy atom. The van der Waals surface area contributed by atoms with Gasteiger partial charge in [-0.3, -0.25) is 9.79 Å². The van der Waals surface area contributed by atoms with Crippen molar-refractivity contribution >= 4 is 17.7 Å². The van der Waals surface area contributed by atoms with Crippen molar-refractivity contribution in [2.24, 2.45) is 4.99 Å². The highest BCUT2D eigenvalue weighted by Crippen LogP contribution is 2.33. The van der Waals surface area contributed by atoms with Crippen molar-refractivity contribution in [3.63, 3.8) is 0 Å². The highest BCUT2D eigenvalue weighted by Gasteiger charge is 2.29. The fraction of sp³-hybridized carbons (Fsp3) is 0.222. The second-order valence-electron chi connectivity index (χ2n) is 5.50. The predicted molar refractivity (Wildman–Crippen MR) is 84.7 cm³/mol. The predicted octanol–water partition coefficient (Wildman–Crippen LogP) is 4.25. The van der Waals surface area contributed by atoms with E-state index in [2.05, 4.69) is 4.99 Å². The van der Waals surface area contributed by atoms with Crippen molar-refractivity contribution in [2.75, 3.05) is 0 Å². The van der Waals surface area contributed by atoms with Crippen LogP contribution < -0.4 is 0 Å². The molecule has 1 aromatic heterocycles. The molecular formula is C18H17NO3. The lowest BCUT2D eigenvalue weighted by Crippen LogP contribution is -2.18. The zero-order valence-corrected chi connectivity index (χ0v) is 12.3. The highest BCUT2D eigenvalue weighted by atomic mass is 16.3. The number of furan rings is 1. The first-order valence-electron chi connectivity index (χ1n) is 7.23. The number of carbonyl (C=O) groups excluding carboxylic acids is 1. The summed E-state index contributed by atoms with van der Waals surface area (Å²) in [6.45, 7) is 2.00. The number of nitrogens with zero attached hydrogens (tertiary/aromatic N) is 1. The second kappa shape index (κ2) is 6.02. The van der Waals surface area contributed by atoms with Crippen molar-refractivity contribution < 1.29 is 14.3 Å². The van der Waals surface area contributed by atoms with E-state index in [1.165, 1.54) is 6.21 Å². The third-order valence-corrected chi connectivity index (χ3v) is 3.81. The van der Waals surface area contributed by atoms with Crippen molar-refractivity contribution in [2.45, 2.75) is 25.7 Å². The van der Waals surface area contributed by atoms with Crippen molar-refractivity contribution in [1.29, 1.82) is 0 Å². The Labute approximate surface area is 128 Å². The van der Waals surface area contributed by atoms with Crippen LogP contribution >= 0.6 is 0 Å². The van der Waals surface area contributed by atoms with Gasteiger partial charge in [0.2, 0.25) is 0 Å². The molecule has 1 aromatic carbocycles. The van der Waals surface area contributed by atoms with Crippen molar-refractivity contribution in [1.82, 2.24) is 0 Å². The number of hydrogen-bond acceptors (Lipinski definition) is 4. The molecular weight excluding hydrogens is 278 g/mol. The molecule has 0 radical (unpaired) electrons. The molecule has 0 spiro atoms. The molecule has 2 aromatic rings. The average Bonchev–Trinajstić information content (AvgIpc) is 3.02. The maximum Gasteiger partial charge on any atom is 0.168 e. The van der Waals surface area contributed by atoms with E-state index in [1.807, 2.05) is 37.3 Å². The van der Waals surface area contributed by atoms with Crippen LogP contribution in [0.1, 0.15) is 30.1 Å². The first kappa shape index (κ1) is 14.3. The van der Waals surface area contributed by atoms with E-state index in [4.69, 9.17) is 4.42 Å². The molecule has 4 heteroatoms. The van der Waals surface area contributed by atoms with Crippen LogP contribution in [0.3, 0.4) is 0 Å². The lowest BCUT2D eigenvalue weighted by molar-refractivity contribution is -0.116. The minimum atomic E-state index is -0.110. The third-order valence-electron chi connectivity index (χ3n) is 3.81. The van der Waals surface area contributed by atoms with E-state index in [9.17, 15) is 9.90 Å². The normalized spacial score (nSPS) is 19.1. The van der Waals surface area contributed by atoms with Gasteiger partial charge in [-0.1, -0.05) is 17.7 Å². The average molecular weight is 295 g/mol. The van der Waals surface area contributed by atoms with E-state index >= 15 is 0 Å². The number of Topliss-reactive ketones (excluding diaryl/α,β-unsaturated/α-hetero) is 1. The SMILES string of the molecule is Cc1ccc(N=CC2=C(O)C[C@H](c3ccco3)CC2=O)cc1. The summed E-state index contributed by atoms with van der Waals surface area (Å²) >= 11 is 0. The minimum absolute atomic E-state index is 0.0773. The summed E-state index contributed by atoms with van der Waals surface area (Å²) in [5, 5.41) is 10.2. The molecule has 1 aliphatic rings. The quantitative estimate of drug-likeness (QED) is 0.861. The van der Waals surface area contributed by atoms with E-state index < -0.39 is 0 Å². The molecule has 0 saturated carbocycles. The van der Waals surface area contributed by atoms with E-state index in [0.717, 1.165) is 17.0 Å². The van der Waals surface area contributed by atoms with E-state index in [1.54, 1.807) is 12.3 Å². The number of aliphatic imine (C=N–C) groups is 1. The summed E-state index contributed by atoms with van der Waals surface area (Å²) in [5.41, 5.74) is 2.20. The van der Waals surface area contributed by atoms with Crippen LogP contribution in [0.4, 0.5) is 5.69 Å². The smallest absolute Gasteiger partial charge is 0.168 e. The number of rotatable bonds is 3. The molecule has 1 N–H and O–H groups in total. The molecule has 1 atom stereocenters. The van der Waals surface area contributed by atoms with Crippen LogP contribution in [0.2, 0.25) is 0 Å². The molecule has 0 aliphatic heterocycles. The van der Waals surface area contributed by atoms with Gasteiger partial charge in [-0.05, 0) is 31.2 Å². The monoisotopic (exact) mass is 295 g/mol. The Kier molecular flexibility index (Phi) is 3.92. The van der Waals surface area contributed by atoms with Gasteiger partial charge in [0.1, 0.15) is 11.5 Å². The van der Waals surface area contributed by atoms with Gasteiger partial charge in [0.05, 0.1) is 17.5 Å². The lowest BCUT2D eigenvalue weighted by atomic mass is 9.86. The molecule has 0 fully saturated rings. The van der Waals surface area contributed by atoms with Crippen LogP contribution in [0.5, 0.6) is 0 Å². The first-order valence-corrected chi connectivity index (χ1v) is 7.23. The van der Waals surface area contributed by atoms with Gasteiger partial charge < -0.3 is 9.52 Å². The van der Waals surface area contributed by atoms with Gasteiger partial charge in [0, 0.05) is 25.0 Å². The molecule has 0 saturated heterocycles. The van der Waals surface area contributed by atoms with Gasteiger partial charge in [0.15, 0.2) is 5.78 Å². The summed E-state index contributed by atoms with van der Waals surface area (Å²) in [5.74, 6) is 0.600. The molecule has 0 amide bonds. The zero-order chi connectivity index (χ0) is 15.5. The largest absolute Gasteiger partial charge is 0.511 e. The molecule has 4 nitrogen and oxygen atoms in total. The summed E-state index contributed by atoms with van der Waals surface area (Å²) in [7, 11) is 0. The number of hydrogen-bond donors (Lipinski definition) is 1. The minimum Gasteiger partial charge on any atom is -0.511 e. The van der Waals surface area contributed by atoms with Gasteiger partial charge in [0.25, 0.3) is 0 Å². The summed E-state index contributed by atoms with van der Waals surface area (Å²) < 4.78 is 5.33. The van der Waals surface area contributed by atoms with Gasteiger partial charge in [-0.15, -0.1) is 0 Å². The summed E-state index contributed by atoms with van der Waals surface area (Å²) in [6, 6.07) is 11.3. The topological polar surface area (TPSA) is 62.8 Å². The van der Waals surface area contributed by atoms with Crippen LogP contribution in [0.15, 0.2) is 63.4 Å². The molecule has 0 unspecified atom stereocenters. The number of aliphatic hydroxyl groups excluding tert-OH is 1. The molecule has 112 valence electrons.